The summed E-state index contributed by atoms with van der Waals surface area (Å²) in [5.41, 5.74) is -0.680. The number of amides is 1. The van der Waals surface area contributed by atoms with E-state index < -0.39 is 28.9 Å². The third-order valence-electron chi connectivity index (χ3n) is 5.65. The van der Waals surface area contributed by atoms with Crippen LogP contribution >= 0.6 is 11.6 Å². The predicted octanol–water partition coefficient (Wildman–Crippen LogP) is 6.51. The van der Waals surface area contributed by atoms with Gasteiger partial charge in [-0.3, -0.25) is 0 Å². The van der Waals surface area contributed by atoms with Crippen LogP contribution in [0.3, 0.4) is 0 Å². The molecule has 3 aromatic rings. The third kappa shape index (κ3) is 4.80. The number of alkyl carbamates (subject to hydrolysis) is 1. The topological polar surface area (TPSA) is 71.3 Å². The fourth-order valence-corrected chi connectivity index (χ4v) is 4.43. The molecule has 180 valence electrons. The van der Waals surface area contributed by atoms with Gasteiger partial charge in [-0.15, -0.1) is 0 Å². The number of halogens is 3. The number of rotatable bonds is 4. The first-order chi connectivity index (χ1) is 16.5. The molecule has 1 heterocycles. The standard InChI is InChI=1S/C27H23ClF2N2O3/c1-26(2,3)32-25(33)34-15-27(17-9-5-4-6-10-17)13-18-21(35-27)12-20(30)24(28)23(18)22-16(14-31)8-7-11-19(22)29/h4-12H,13,15H2,1-3H3,(H,32,33). The summed E-state index contributed by atoms with van der Waals surface area (Å²) in [6.45, 7) is 5.26. The molecule has 5 nitrogen and oxygen atoms in total. The molecule has 3 aromatic carbocycles. The van der Waals surface area contributed by atoms with Gasteiger partial charge in [-0.1, -0.05) is 48.0 Å². The van der Waals surface area contributed by atoms with Crippen molar-refractivity contribution in [3.8, 4) is 22.9 Å². The van der Waals surface area contributed by atoms with Crippen molar-refractivity contribution in [2.24, 2.45) is 0 Å². The number of nitrogens with zero attached hydrogens (tertiary/aromatic N) is 1. The van der Waals surface area contributed by atoms with E-state index in [4.69, 9.17) is 21.1 Å². The van der Waals surface area contributed by atoms with Gasteiger partial charge in [-0.05, 0) is 38.5 Å². The molecule has 1 atom stereocenters. The monoisotopic (exact) mass is 496 g/mol. The molecule has 0 saturated carbocycles. The first-order valence-corrected chi connectivity index (χ1v) is 11.3. The van der Waals surface area contributed by atoms with E-state index in [1.807, 2.05) is 32.9 Å². The molecule has 1 aliphatic rings. The molecule has 1 aliphatic heterocycles. The first kappa shape index (κ1) is 24.5. The van der Waals surface area contributed by atoms with Crippen molar-refractivity contribution in [2.45, 2.75) is 38.3 Å². The van der Waals surface area contributed by atoms with Crippen molar-refractivity contribution in [3.05, 3.63) is 87.9 Å². The normalized spacial score (nSPS) is 16.7. The van der Waals surface area contributed by atoms with Crippen LogP contribution in [0.15, 0.2) is 54.6 Å². The van der Waals surface area contributed by atoms with Gasteiger partial charge in [0.2, 0.25) is 0 Å². The van der Waals surface area contributed by atoms with E-state index in [-0.39, 0.29) is 40.5 Å². The Kier molecular flexibility index (Phi) is 6.44. The number of carbonyl (C=O) groups excluding carboxylic acids is 1. The Morgan fingerprint density at radius 1 is 1.14 bits per heavy atom. The molecule has 0 bridgehead atoms. The van der Waals surface area contributed by atoms with Gasteiger partial charge in [0.1, 0.15) is 24.0 Å². The number of carbonyl (C=O) groups is 1. The lowest BCUT2D eigenvalue weighted by molar-refractivity contribution is 0.0101. The van der Waals surface area contributed by atoms with Crippen LogP contribution in [0.2, 0.25) is 5.02 Å². The maximum Gasteiger partial charge on any atom is 0.407 e. The Balaban J connectivity index is 1.83. The Morgan fingerprint density at radius 3 is 2.51 bits per heavy atom. The fraction of sp³-hybridized carbons (Fsp3) is 0.259. The minimum atomic E-state index is -1.22. The van der Waals surface area contributed by atoms with Crippen molar-refractivity contribution >= 4 is 17.7 Å². The summed E-state index contributed by atoms with van der Waals surface area (Å²) in [4.78, 5) is 12.4. The van der Waals surface area contributed by atoms with Crippen molar-refractivity contribution < 1.29 is 23.0 Å². The highest BCUT2D eigenvalue weighted by molar-refractivity contribution is 6.34. The molecule has 0 spiro atoms. The van der Waals surface area contributed by atoms with Gasteiger partial charge in [0, 0.05) is 34.7 Å². The second-order valence-corrected chi connectivity index (χ2v) is 9.77. The lowest BCUT2D eigenvalue weighted by atomic mass is 9.86. The van der Waals surface area contributed by atoms with Crippen LogP contribution in [0, 0.1) is 23.0 Å². The van der Waals surface area contributed by atoms with E-state index in [0.717, 1.165) is 6.07 Å². The van der Waals surface area contributed by atoms with E-state index in [0.29, 0.717) is 11.1 Å². The molecule has 4 rings (SSSR count). The van der Waals surface area contributed by atoms with E-state index in [2.05, 4.69) is 5.32 Å². The Hall–Kier alpha value is -3.63. The number of nitrogens with one attached hydrogen (secondary N) is 1. The number of ether oxygens (including phenoxy) is 2. The van der Waals surface area contributed by atoms with Crippen LogP contribution in [-0.2, 0) is 16.8 Å². The summed E-state index contributed by atoms with van der Waals surface area (Å²) >= 11 is 6.35. The number of fused-ring (bicyclic) bond motifs is 1. The summed E-state index contributed by atoms with van der Waals surface area (Å²) in [6, 6.07) is 16.1. The lowest BCUT2D eigenvalue weighted by Crippen LogP contribution is -2.44. The Morgan fingerprint density at radius 2 is 1.86 bits per heavy atom. The molecule has 8 heteroatoms. The molecule has 1 unspecified atom stereocenters. The first-order valence-electron chi connectivity index (χ1n) is 10.9. The zero-order chi connectivity index (χ0) is 25.4. The molecule has 35 heavy (non-hydrogen) atoms. The highest BCUT2D eigenvalue weighted by Crippen LogP contribution is 2.50. The predicted molar refractivity (Wildman–Crippen MR) is 128 cm³/mol. The number of nitriles is 1. The molecular weight excluding hydrogens is 474 g/mol. The number of hydrogen-bond donors (Lipinski definition) is 1. The van der Waals surface area contributed by atoms with E-state index >= 15 is 0 Å². The smallest absolute Gasteiger partial charge is 0.407 e. The molecule has 1 amide bonds. The highest BCUT2D eigenvalue weighted by atomic mass is 35.5. The largest absolute Gasteiger partial charge is 0.478 e. The van der Waals surface area contributed by atoms with Gasteiger partial charge in [0.05, 0.1) is 16.7 Å². The third-order valence-corrected chi connectivity index (χ3v) is 6.02. The summed E-state index contributed by atoms with van der Waals surface area (Å²) in [5.74, 6) is -1.39. The lowest BCUT2D eigenvalue weighted by Gasteiger charge is -2.30. The average Bonchev–Trinajstić information content (AvgIpc) is 3.18. The maximum atomic E-state index is 15.0. The summed E-state index contributed by atoms with van der Waals surface area (Å²) in [7, 11) is 0. The zero-order valence-corrected chi connectivity index (χ0v) is 20.2. The molecular formula is C27H23ClF2N2O3. The van der Waals surface area contributed by atoms with Gasteiger partial charge in [0.25, 0.3) is 0 Å². The van der Waals surface area contributed by atoms with Crippen molar-refractivity contribution in [1.82, 2.24) is 5.32 Å². The van der Waals surface area contributed by atoms with Crippen LogP contribution in [0.5, 0.6) is 5.75 Å². The second-order valence-electron chi connectivity index (χ2n) is 9.39. The quantitative estimate of drug-likeness (QED) is 0.447. The van der Waals surface area contributed by atoms with Crippen LogP contribution in [0.1, 0.15) is 37.5 Å². The molecule has 0 saturated heterocycles. The second kappa shape index (κ2) is 9.20. The van der Waals surface area contributed by atoms with Crippen LogP contribution in [0.25, 0.3) is 11.1 Å². The molecule has 0 radical (unpaired) electrons. The van der Waals surface area contributed by atoms with E-state index in [9.17, 15) is 18.8 Å². The van der Waals surface area contributed by atoms with Crippen LogP contribution < -0.4 is 10.1 Å². The maximum absolute atomic E-state index is 15.0. The van der Waals surface area contributed by atoms with Crippen LogP contribution in [0.4, 0.5) is 13.6 Å². The summed E-state index contributed by atoms with van der Waals surface area (Å²) in [5, 5.41) is 12.0. The molecule has 0 fully saturated rings. The van der Waals surface area contributed by atoms with Crippen molar-refractivity contribution in [3.63, 3.8) is 0 Å². The zero-order valence-electron chi connectivity index (χ0n) is 19.4. The van der Waals surface area contributed by atoms with Gasteiger partial charge >= 0.3 is 6.09 Å². The van der Waals surface area contributed by atoms with Gasteiger partial charge in [0.15, 0.2) is 5.60 Å². The van der Waals surface area contributed by atoms with Gasteiger partial charge in [-0.2, -0.15) is 5.26 Å². The summed E-state index contributed by atoms with van der Waals surface area (Å²) in [6.07, 6.45) is -0.540. The molecule has 1 N–H and O–H groups in total. The molecule has 0 aromatic heterocycles. The summed E-state index contributed by atoms with van der Waals surface area (Å²) < 4.78 is 41.7. The minimum Gasteiger partial charge on any atom is -0.478 e. The SMILES string of the molecule is CC(C)(C)NC(=O)OCC1(c2ccccc2)Cc2c(cc(F)c(Cl)c2-c2c(F)cccc2C#N)O1. The minimum absolute atomic E-state index is 0.0118. The molecule has 0 aliphatic carbocycles. The fourth-order valence-electron chi connectivity index (χ4n) is 4.16. The Bertz CT molecular complexity index is 1330. The van der Waals surface area contributed by atoms with Crippen LogP contribution in [-0.4, -0.2) is 18.2 Å². The van der Waals surface area contributed by atoms with E-state index in [1.54, 1.807) is 24.3 Å². The van der Waals surface area contributed by atoms with E-state index in [1.165, 1.54) is 18.2 Å². The van der Waals surface area contributed by atoms with Crippen molar-refractivity contribution in [2.75, 3.05) is 6.61 Å². The Labute approximate surface area is 207 Å². The van der Waals surface area contributed by atoms with Gasteiger partial charge < -0.3 is 14.8 Å². The number of hydrogen-bond acceptors (Lipinski definition) is 4. The average molecular weight is 497 g/mol. The van der Waals surface area contributed by atoms with Gasteiger partial charge in [-0.25, -0.2) is 13.6 Å². The van der Waals surface area contributed by atoms with Crippen molar-refractivity contribution in [1.29, 1.82) is 5.26 Å². The number of benzene rings is 3. The highest BCUT2D eigenvalue weighted by Gasteiger charge is 2.45.